The van der Waals surface area contributed by atoms with Crippen molar-refractivity contribution in [1.29, 1.82) is 0 Å². The molecule has 0 bridgehead atoms. The van der Waals surface area contributed by atoms with Gasteiger partial charge in [0.2, 0.25) is 0 Å². The largest absolute Gasteiger partial charge is 0.355 e. The molecule has 3 atom stereocenters. The first-order valence-electron chi connectivity index (χ1n) is 7.28. The van der Waals surface area contributed by atoms with Gasteiger partial charge in [-0.3, -0.25) is 4.99 Å². The highest BCUT2D eigenvalue weighted by molar-refractivity contribution is 8.00. The Balaban J connectivity index is 1.70. The summed E-state index contributed by atoms with van der Waals surface area (Å²) in [5, 5.41) is 7.05. The summed E-state index contributed by atoms with van der Waals surface area (Å²) in [5.41, 5.74) is 0. The van der Waals surface area contributed by atoms with Gasteiger partial charge in [0.15, 0.2) is 5.96 Å². The Morgan fingerprint density at radius 2 is 2.33 bits per heavy atom. The van der Waals surface area contributed by atoms with E-state index < -0.39 is 0 Å². The van der Waals surface area contributed by atoms with Crippen LogP contribution in [0.5, 0.6) is 0 Å². The summed E-state index contributed by atoms with van der Waals surface area (Å²) in [5.74, 6) is 3.18. The van der Waals surface area contributed by atoms with Crippen LogP contribution in [0.1, 0.15) is 46.0 Å². The molecule has 1 aliphatic carbocycles. The number of thioether (sulfide) groups is 1. The average molecular weight is 269 g/mol. The van der Waals surface area contributed by atoms with Crippen LogP contribution in [-0.2, 0) is 0 Å². The highest BCUT2D eigenvalue weighted by atomic mass is 32.2. The van der Waals surface area contributed by atoms with Gasteiger partial charge in [-0.25, -0.2) is 0 Å². The van der Waals surface area contributed by atoms with Crippen LogP contribution >= 0.6 is 11.8 Å². The van der Waals surface area contributed by atoms with Crippen LogP contribution in [0.3, 0.4) is 0 Å². The van der Waals surface area contributed by atoms with Crippen LogP contribution in [0.4, 0.5) is 0 Å². The summed E-state index contributed by atoms with van der Waals surface area (Å²) >= 11 is 2.10. The molecule has 2 N–H and O–H groups in total. The van der Waals surface area contributed by atoms with E-state index in [0.717, 1.165) is 18.4 Å². The first-order chi connectivity index (χ1) is 8.67. The van der Waals surface area contributed by atoms with Gasteiger partial charge in [-0.2, -0.15) is 11.8 Å². The molecule has 0 aromatic carbocycles. The number of nitrogens with one attached hydrogen (secondary N) is 2. The van der Waals surface area contributed by atoms with Gasteiger partial charge >= 0.3 is 0 Å². The maximum atomic E-state index is 4.34. The highest BCUT2D eigenvalue weighted by Gasteiger charge is 2.37. The molecule has 1 heterocycles. The zero-order valence-electron chi connectivity index (χ0n) is 12.0. The van der Waals surface area contributed by atoms with Gasteiger partial charge in [0.25, 0.3) is 0 Å². The maximum Gasteiger partial charge on any atom is 0.191 e. The normalized spacial score (nSPS) is 35.6. The molecule has 4 heteroatoms. The monoisotopic (exact) mass is 269 g/mol. The fourth-order valence-electron chi connectivity index (χ4n) is 2.73. The second-order valence-electron chi connectivity index (χ2n) is 5.86. The minimum Gasteiger partial charge on any atom is -0.355 e. The molecule has 18 heavy (non-hydrogen) atoms. The van der Waals surface area contributed by atoms with Crippen molar-refractivity contribution in [3.63, 3.8) is 0 Å². The lowest BCUT2D eigenvalue weighted by Crippen LogP contribution is -2.44. The molecule has 0 aromatic rings. The van der Waals surface area contributed by atoms with Crippen LogP contribution in [0.2, 0.25) is 0 Å². The summed E-state index contributed by atoms with van der Waals surface area (Å²) in [7, 11) is 1.87. The van der Waals surface area contributed by atoms with Crippen LogP contribution in [-0.4, -0.2) is 36.1 Å². The molecule has 3 nitrogen and oxygen atoms in total. The van der Waals surface area contributed by atoms with Crippen molar-refractivity contribution in [2.75, 3.05) is 19.3 Å². The number of rotatable bonds is 5. The van der Waals surface area contributed by atoms with E-state index in [2.05, 4.69) is 41.2 Å². The third-order valence-electron chi connectivity index (χ3n) is 4.06. The number of guanidine groups is 1. The van der Waals surface area contributed by atoms with E-state index in [4.69, 9.17) is 0 Å². The summed E-state index contributed by atoms with van der Waals surface area (Å²) in [4.78, 5) is 4.34. The Hall–Kier alpha value is -0.380. The minimum atomic E-state index is 0.407. The molecule has 104 valence electrons. The van der Waals surface area contributed by atoms with Crippen molar-refractivity contribution in [1.82, 2.24) is 10.6 Å². The van der Waals surface area contributed by atoms with Gasteiger partial charge in [-0.15, -0.1) is 0 Å². The summed E-state index contributed by atoms with van der Waals surface area (Å²) in [6.45, 7) is 5.66. The Labute approximate surface area is 116 Å². The average Bonchev–Trinajstić information content (AvgIpc) is 2.94. The molecule has 0 radical (unpaired) electrons. The second kappa shape index (κ2) is 6.18. The highest BCUT2D eigenvalue weighted by Crippen LogP contribution is 2.37. The number of aliphatic imine (C=N–C) groups is 1. The SMILES string of the molecule is CCCC1CC1NC(=NC)NCC1(C)CCCS1. The van der Waals surface area contributed by atoms with Crippen LogP contribution < -0.4 is 10.6 Å². The fraction of sp³-hybridized carbons (Fsp3) is 0.929. The van der Waals surface area contributed by atoms with E-state index in [1.165, 1.54) is 37.9 Å². The number of nitrogens with zero attached hydrogens (tertiary/aromatic N) is 1. The Morgan fingerprint density at radius 1 is 1.50 bits per heavy atom. The Morgan fingerprint density at radius 3 is 2.94 bits per heavy atom. The smallest absolute Gasteiger partial charge is 0.191 e. The van der Waals surface area contributed by atoms with Crippen molar-refractivity contribution in [3.8, 4) is 0 Å². The van der Waals surface area contributed by atoms with Crippen molar-refractivity contribution < 1.29 is 0 Å². The van der Waals surface area contributed by atoms with Gasteiger partial charge in [-0.05, 0) is 44.3 Å². The lowest BCUT2D eigenvalue weighted by atomic mass is 10.1. The van der Waals surface area contributed by atoms with E-state index in [1.807, 2.05) is 7.05 Å². The second-order valence-corrected chi connectivity index (χ2v) is 7.55. The van der Waals surface area contributed by atoms with Crippen molar-refractivity contribution in [2.45, 2.75) is 56.7 Å². The predicted molar refractivity (Wildman–Crippen MR) is 81.4 cm³/mol. The summed E-state index contributed by atoms with van der Waals surface area (Å²) in [6, 6.07) is 0.667. The molecule has 2 rings (SSSR count). The molecular weight excluding hydrogens is 242 g/mol. The predicted octanol–water partition coefficient (Wildman–Crippen LogP) is 2.63. The zero-order chi connectivity index (χ0) is 13.0. The molecule has 1 aliphatic heterocycles. The third-order valence-corrected chi connectivity index (χ3v) is 5.60. The Bertz CT molecular complexity index is 297. The Kier molecular flexibility index (Phi) is 4.82. The van der Waals surface area contributed by atoms with Gasteiger partial charge in [-0.1, -0.05) is 13.3 Å². The standard InChI is InChI=1S/C14H27N3S/c1-4-6-11-9-12(11)17-13(15-3)16-10-14(2)7-5-8-18-14/h11-12H,4-10H2,1-3H3,(H2,15,16,17). The summed E-state index contributed by atoms with van der Waals surface area (Å²) < 4.78 is 0.407. The van der Waals surface area contributed by atoms with Crippen molar-refractivity contribution in [3.05, 3.63) is 0 Å². The molecule has 2 aliphatic rings. The van der Waals surface area contributed by atoms with E-state index in [-0.39, 0.29) is 0 Å². The van der Waals surface area contributed by atoms with Crippen molar-refractivity contribution in [2.24, 2.45) is 10.9 Å². The molecule has 2 fully saturated rings. The fourth-order valence-corrected chi connectivity index (χ4v) is 3.98. The minimum absolute atomic E-state index is 0.407. The van der Waals surface area contributed by atoms with E-state index in [9.17, 15) is 0 Å². The van der Waals surface area contributed by atoms with Gasteiger partial charge in [0.05, 0.1) is 0 Å². The number of hydrogen-bond donors (Lipinski definition) is 2. The maximum absolute atomic E-state index is 4.34. The van der Waals surface area contributed by atoms with Crippen LogP contribution in [0, 0.1) is 5.92 Å². The molecule has 0 aromatic heterocycles. The molecule has 1 saturated heterocycles. The quantitative estimate of drug-likeness (QED) is 0.595. The van der Waals surface area contributed by atoms with E-state index >= 15 is 0 Å². The number of hydrogen-bond acceptors (Lipinski definition) is 2. The van der Waals surface area contributed by atoms with E-state index in [1.54, 1.807) is 0 Å². The van der Waals surface area contributed by atoms with Gasteiger partial charge in [0, 0.05) is 24.4 Å². The first kappa shape index (κ1) is 14.0. The van der Waals surface area contributed by atoms with Crippen LogP contribution in [0.15, 0.2) is 4.99 Å². The molecule has 0 spiro atoms. The van der Waals surface area contributed by atoms with Gasteiger partial charge in [0.1, 0.15) is 0 Å². The topological polar surface area (TPSA) is 36.4 Å². The first-order valence-corrected chi connectivity index (χ1v) is 8.26. The van der Waals surface area contributed by atoms with Crippen LogP contribution in [0.25, 0.3) is 0 Å². The van der Waals surface area contributed by atoms with Crippen molar-refractivity contribution >= 4 is 17.7 Å². The molecule has 1 saturated carbocycles. The molecule has 0 amide bonds. The lowest BCUT2D eigenvalue weighted by Gasteiger charge is -2.24. The third kappa shape index (κ3) is 3.81. The van der Waals surface area contributed by atoms with E-state index in [0.29, 0.717) is 10.8 Å². The lowest BCUT2D eigenvalue weighted by molar-refractivity contribution is 0.581. The zero-order valence-corrected chi connectivity index (χ0v) is 12.8. The molecular formula is C14H27N3S. The summed E-state index contributed by atoms with van der Waals surface area (Å²) in [6.07, 6.45) is 6.64. The molecule has 3 unspecified atom stereocenters. The van der Waals surface area contributed by atoms with Gasteiger partial charge < -0.3 is 10.6 Å².